The van der Waals surface area contributed by atoms with Crippen LogP contribution in [0.3, 0.4) is 0 Å². The van der Waals surface area contributed by atoms with Gasteiger partial charge >= 0.3 is 12.3 Å². The van der Waals surface area contributed by atoms with Gasteiger partial charge in [-0.25, -0.2) is 10.2 Å². The lowest BCUT2D eigenvalue weighted by molar-refractivity contribution is -0.141. The molecule has 0 spiro atoms. The molecular weight excluding hydrogens is 287 g/mol. The van der Waals surface area contributed by atoms with E-state index in [9.17, 15) is 18.0 Å². The van der Waals surface area contributed by atoms with E-state index >= 15 is 0 Å². The Morgan fingerprint density at radius 3 is 2.43 bits per heavy atom. The van der Waals surface area contributed by atoms with Gasteiger partial charge < -0.3 is 4.74 Å². The molecule has 0 aliphatic rings. The average molecular weight is 305 g/mol. The van der Waals surface area contributed by atoms with Crippen LogP contribution in [0.1, 0.15) is 32.0 Å². The highest BCUT2D eigenvalue weighted by Gasteiger charge is 2.31. The van der Waals surface area contributed by atoms with Crippen LogP contribution in [0.2, 0.25) is 0 Å². The molecule has 0 bridgehead atoms. The molecule has 8 heteroatoms. The molecule has 118 valence electrons. The number of hydrogen-bond acceptors (Lipinski definition) is 4. The number of hydrogen-bond donors (Lipinski definition) is 2. The lowest BCUT2D eigenvalue weighted by Gasteiger charge is -2.19. The first-order valence-corrected chi connectivity index (χ1v) is 6.32. The van der Waals surface area contributed by atoms with Gasteiger partial charge in [-0.2, -0.15) is 13.2 Å². The molecule has 21 heavy (non-hydrogen) atoms. The lowest BCUT2D eigenvalue weighted by atomic mass is 10.2. The fourth-order valence-corrected chi connectivity index (χ4v) is 1.39. The molecule has 0 fully saturated rings. The normalized spacial score (nSPS) is 12.1. The van der Waals surface area contributed by atoms with Crippen LogP contribution in [0, 0.1) is 0 Å². The topological polar surface area (TPSA) is 63.2 Å². The minimum absolute atomic E-state index is 0.340. The van der Waals surface area contributed by atoms with Crippen molar-refractivity contribution >= 4 is 6.09 Å². The highest BCUT2D eigenvalue weighted by molar-refractivity contribution is 5.66. The molecule has 2 N–H and O–H groups in total. The average Bonchev–Trinajstić information content (AvgIpc) is 2.32. The van der Waals surface area contributed by atoms with Gasteiger partial charge in [-0.15, -0.1) is 0 Å². The number of alkyl halides is 3. The van der Waals surface area contributed by atoms with E-state index < -0.39 is 23.6 Å². The summed E-state index contributed by atoms with van der Waals surface area (Å²) in [4.78, 5) is 14.6. The summed E-state index contributed by atoms with van der Waals surface area (Å²) in [6.45, 7) is 5.55. The smallest absolute Gasteiger partial charge is 0.433 e. The van der Waals surface area contributed by atoms with Gasteiger partial charge in [-0.05, 0) is 38.8 Å². The van der Waals surface area contributed by atoms with E-state index in [0.29, 0.717) is 18.5 Å². The van der Waals surface area contributed by atoms with Crippen molar-refractivity contribution in [2.75, 3.05) is 6.54 Å². The summed E-state index contributed by atoms with van der Waals surface area (Å²) in [7, 11) is 0. The van der Waals surface area contributed by atoms with Gasteiger partial charge in [0.15, 0.2) is 0 Å². The molecule has 1 amide bonds. The van der Waals surface area contributed by atoms with Gasteiger partial charge in [0.25, 0.3) is 0 Å². The molecule has 0 aliphatic heterocycles. The third-order valence-corrected chi connectivity index (χ3v) is 2.24. The Morgan fingerprint density at radius 2 is 1.95 bits per heavy atom. The summed E-state index contributed by atoms with van der Waals surface area (Å²) in [5, 5.41) is 0. The fourth-order valence-electron chi connectivity index (χ4n) is 1.39. The van der Waals surface area contributed by atoms with Crippen LogP contribution in [-0.4, -0.2) is 23.2 Å². The molecule has 1 rings (SSSR count). The van der Waals surface area contributed by atoms with Gasteiger partial charge in [0, 0.05) is 12.7 Å². The van der Waals surface area contributed by atoms with Crippen LogP contribution in [0.4, 0.5) is 18.0 Å². The minimum Gasteiger partial charge on any atom is -0.443 e. The lowest BCUT2D eigenvalue weighted by Crippen LogP contribution is -2.42. The zero-order chi connectivity index (χ0) is 16.1. The number of ether oxygens (including phenoxy) is 1. The Bertz CT molecular complexity index is 467. The number of rotatable bonds is 4. The number of nitrogens with zero attached hydrogens (tertiary/aromatic N) is 1. The standard InChI is InChI=1S/C13H18F3N3O2/c1-12(2,3)21-11(20)19-18-7-6-9-4-5-10(17-8-9)13(14,15)16/h4-5,8,18H,6-7H2,1-3H3,(H,19,20). The van der Waals surface area contributed by atoms with E-state index in [0.717, 1.165) is 12.3 Å². The molecule has 0 aliphatic carbocycles. The summed E-state index contributed by atoms with van der Waals surface area (Å²) in [5.41, 5.74) is 4.07. The summed E-state index contributed by atoms with van der Waals surface area (Å²) in [6, 6.07) is 2.28. The van der Waals surface area contributed by atoms with Crippen molar-refractivity contribution in [2.24, 2.45) is 0 Å². The number of hydrazine groups is 1. The second-order valence-corrected chi connectivity index (χ2v) is 5.35. The number of carbonyl (C=O) groups excluding carboxylic acids is 1. The molecule has 0 atom stereocenters. The second kappa shape index (κ2) is 6.75. The number of halogens is 3. The Labute approximate surface area is 120 Å². The maximum Gasteiger partial charge on any atom is 0.433 e. The first-order valence-electron chi connectivity index (χ1n) is 6.32. The van der Waals surface area contributed by atoms with Gasteiger partial charge in [0.2, 0.25) is 0 Å². The quantitative estimate of drug-likeness (QED) is 0.663. The zero-order valence-corrected chi connectivity index (χ0v) is 12.0. The SMILES string of the molecule is CC(C)(C)OC(=O)NNCCc1ccc(C(F)(F)F)nc1. The third-order valence-electron chi connectivity index (χ3n) is 2.24. The number of nitrogens with one attached hydrogen (secondary N) is 2. The highest BCUT2D eigenvalue weighted by Crippen LogP contribution is 2.27. The molecule has 1 aromatic rings. The van der Waals surface area contributed by atoms with Crippen LogP contribution in [0.5, 0.6) is 0 Å². The molecule has 5 nitrogen and oxygen atoms in total. The van der Waals surface area contributed by atoms with Crippen molar-refractivity contribution in [2.45, 2.75) is 39.0 Å². The number of pyridine rings is 1. The van der Waals surface area contributed by atoms with Gasteiger partial charge in [0.1, 0.15) is 11.3 Å². The molecule has 1 heterocycles. The van der Waals surface area contributed by atoms with Crippen molar-refractivity contribution in [3.63, 3.8) is 0 Å². The largest absolute Gasteiger partial charge is 0.443 e. The van der Waals surface area contributed by atoms with Gasteiger partial charge in [0.05, 0.1) is 0 Å². The summed E-state index contributed by atoms with van der Waals surface area (Å²) < 4.78 is 41.9. The predicted octanol–water partition coefficient (Wildman–Crippen LogP) is 2.67. The van der Waals surface area contributed by atoms with Crippen LogP contribution < -0.4 is 10.9 Å². The maximum atomic E-state index is 12.3. The summed E-state index contributed by atoms with van der Waals surface area (Å²) in [5.74, 6) is 0. The Balaban J connectivity index is 2.32. The first-order chi connectivity index (χ1) is 9.58. The number of carbonyl (C=O) groups is 1. The van der Waals surface area contributed by atoms with E-state index in [1.54, 1.807) is 20.8 Å². The summed E-state index contributed by atoms with van der Waals surface area (Å²) in [6.07, 6.45) is -3.47. The Morgan fingerprint density at radius 1 is 1.29 bits per heavy atom. The van der Waals surface area contributed by atoms with Crippen LogP contribution in [0.15, 0.2) is 18.3 Å². The van der Waals surface area contributed by atoms with Crippen molar-refractivity contribution in [1.29, 1.82) is 0 Å². The van der Waals surface area contributed by atoms with Crippen molar-refractivity contribution in [3.8, 4) is 0 Å². The third kappa shape index (κ3) is 6.94. The number of amides is 1. The monoisotopic (exact) mass is 305 g/mol. The van der Waals surface area contributed by atoms with Crippen molar-refractivity contribution in [1.82, 2.24) is 15.8 Å². The van der Waals surface area contributed by atoms with E-state index in [2.05, 4.69) is 15.8 Å². The zero-order valence-electron chi connectivity index (χ0n) is 12.0. The first kappa shape index (κ1) is 17.2. The molecular formula is C13H18F3N3O2. The van der Waals surface area contributed by atoms with Gasteiger partial charge in [-0.3, -0.25) is 10.4 Å². The van der Waals surface area contributed by atoms with Crippen LogP contribution in [-0.2, 0) is 17.3 Å². The predicted molar refractivity (Wildman–Crippen MR) is 70.3 cm³/mol. The van der Waals surface area contributed by atoms with E-state index in [-0.39, 0.29) is 0 Å². The molecule has 0 saturated heterocycles. The molecule has 0 aromatic carbocycles. The van der Waals surface area contributed by atoms with E-state index in [1.165, 1.54) is 6.07 Å². The Hall–Kier alpha value is -1.83. The second-order valence-electron chi connectivity index (χ2n) is 5.35. The summed E-state index contributed by atoms with van der Waals surface area (Å²) >= 11 is 0. The van der Waals surface area contributed by atoms with Crippen molar-refractivity contribution in [3.05, 3.63) is 29.6 Å². The molecule has 0 saturated carbocycles. The van der Waals surface area contributed by atoms with Crippen molar-refractivity contribution < 1.29 is 22.7 Å². The molecule has 0 unspecified atom stereocenters. The van der Waals surface area contributed by atoms with Crippen LogP contribution >= 0.6 is 0 Å². The number of aromatic nitrogens is 1. The highest BCUT2D eigenvalue weighted by atomic mass is 19.4. The maximum absolute atomic E-state index is 12.3. The van der Waals surface area contributed by atoms with Gasteiger partial charge in [-0.1, -0.05) is 6.07 Å². The Kier molecular flexibility index (Phi) is 5.54. The molecule has 0 radical (unpaired) electrons. The fraction of sp³-hybridized carbons (Fsp3) is 0.538. The van der Waals surface area contributed by atoms with Crippen LogP contribution in [0.25, 0.3) is 0 Å². The molecule has 1 aromatic heterocycles. The van der Waals surface area contributed by atoms with E-state index in [4.69, 9.17) is 4.74 Å². The van der Waals surface area contributed by atoms with E-state index in [1.807, 2.05) is 0 Å². The minimum atomic E-state index is -4.44.